The number of amides is 2. The van der Waals surface area contributed by atoms with Crippen LogP contribution >= 0.6 is 11.6 Å². The molecule has 0 aliphatic carbocycles. The number of hydrogen-bond donors (Lipinski definition) is 1. The number of carbonyl (C=O) groups is 2. The number of fused-ring (bicyclic) bond motifs is 2. The third kappa shape index (κ3) is 2.73. The minimum atomic E-state index is -0.659. The van der Waals surface area contributed by atoms with E-state index in [0.29, 0.717) is 18.0 Å². The van der Waals surface area contributed by atoms with E-state index in [0.717, 1.165) is 24.9 Å². The molecule has 0 unspecified atom stereocenters. The number of anilines is 1. The fraction of sp³-hybridized carbons (Fsp3) is 0.500. The highest BCUT2D eigenvalue weighted by atomic mass is 35.5. The van der Waals surface area contributed by atoms with Crippen LogP contribution in [0.4, 0.5) is 5.69 Å². The summed E-state index contributed by atoms with van der Waals surface area (Å²) in [6.07, 6.45) is 5.47. The molecular weight excluding hydrogens is 340 g/mol. The van der Waals surface area contributed by atoms with Gasteiger partial charge in [-0.3, -0.25) is 9.59 Å². The Morgan fingerprint density at radius 3 is 2.88 bits per heavy atom. The SMILES string of the molecule is N#CN1[C@H]2CC[C@@H]1[C@H](NC(=O)[C@H]1CCN(c3cccc(Cl)c3)C1=O)C2. The Balaban J connectivity index is 1.42. The molecule has 1 aromatic carbocycles. The quantitative estimate of drug-likeness (QED) is 0.661. The van der Waals surface area contributed by atoms with Gasteiger partial charge < -0.3 is 15.1 Å². The predicted octanol–water partition coefficient (Wildman–Crippen LogP) is 1.90. The van der Waals surface area contributed by atoms with Crippen LogP contribution in [-0.4, -0.2) is 41.4 Å². The van der Waals surface area contributed by atoms with Crippen molar-refractivity contribution in [2.45, 2.75) is 43.8 Å². The zero-order chi connectivity index (χ0) is 17.6. The second-order valence-electron chi connectivity index (χ2n) is 6.97. The smallest absolute Gasteiger partial charge is 0.239 e. The van der Waals surface area contributed by atoms with Crippen molar-refractivity contribution in [3.05, 3.63) is 29.3 Å². The Morgan fingerprint density at radius 2 is 2.16 bits per heavy atom. The number of halogens is 1. The number of hydrogen-bond acceptors (Lipinski definition) is 4. The highest BCUT2D eigenvalue weighted by Crippen LogP contribution is 2.37. The average Bonchev–Trinajstić information content (AvgIpc) is 3.26. The fourth-order valence-electron chi connectivity index (χ4n) is 4.41. The molecule has 0 radical (unpaired) electrons. The van der Waals surface area contributed by atoms with Gasteiger partial charge in [0, 0.05) is 23.3 Å². The van der Waals surface area contributed by atoms with Crippen molar-refractivity contribution in [2.75, 3.05) is 11.4 Å². The predicted molar refractivity (Wildman–Crippen MR) is 92.7 cm³/mol. The average molecular weight is 359 g/mol. The van der Waals surface area contributed by atoms with Gasteiger partial charge in [0.15, 0.2) is 6.19 Å². The number of nitrogens with zero attached hydrogens (tertiary/aromatic N) is 3. The zero-order valence-corrected chi connectivity index (χ0v) is 14.4. The molecule has 0 aromatic heterocycles. The van der Waals surface area contributed by atoms with Crippen LogP contribution in [0.25, 0.3) is 0 Å². The molecule has 3 fully saturated rings. The zero-order valence-electron chi connectivity index (χ0n) is 13.7. The third-order valence-electron chi connectivity index (χ3n) is 5.62. The van der Waals surface area contributed by atoms with Gasteiger partial charge >= 0.3 is 0 Å². The molecule has 0 spiro atoms. The molecule has 3 aliphatic heterocycles. The van der Waals surface area contributed by atoms with Crippen LogP contribution in [0.15, 0.2) is 24.3 Å². The van der Waals surface area contributed by atoms with Gasteiger partial charge in [-0.15, -0.1) is 0 Å². The maximum Gasteiger partial charge on any atom is 0.239 e. The molecular formula is C18H19ClN4O2. The van der Waals surface area contributed by atoms with Crippen molar-refractivity contribution in [1.82, 2.24) is 10.2 Å². The van der Waals surface area contributed by atoms with Crippen LogP contribution in [-0.2, 0) is 9.59 Å². The number of rotatable bonds is 3. The lowest BCUT2D eigenvalue weighted by atomic mass is 9.94. The van der Waals surface area contributed by atoms with Crippen molar-refractivity contribution in [3.63, 3.8) is 0 Å². The summed E-state index contributed by atoms with van der Waals surface area (Å²) >= 11 is 6.00. The summed E-state index contributed by atoms with van der Waals surface area (Å²) in [6, 6.07) is 7.40. The second-order valence-corrected chi connectivity index (χ2v) is 7.40. The van der Waals surface area contributed by atoms with Crippen LogP contribution in [0.1, 0.15) is 25.7 Å². The standard InChI is InChI=1S/C18H19ClN4O2/c19-11-2-1-3-12(8-11)22-7-6-14(18(22)25)17(24)21-15-9-13-4-5-16(15)23(13)10-20/h1-3,8,13-16H,4-7,9H2,(H,21,24)/t13-,14+,15+,16+/m0/s1. The van der Waals surface area contributed by atoms with Crippen LogP contribution in [0, 0.1) is 17.4 Å². The van der Waals surface area contributed by atoms with Gasteiger partial charge in [0.1, 0.15) is 5.92 Å². The topological polar surface area (TPSA) is 76.4 Å². The van der Waals surface area contributed by atoms with Gasteiger partial charge in [-0.2, -0.15) is 5.26 Å². The van der Waals surface area contributed by atoms with E-state index in [1.165, 1.54) is 0 Å². The van der Waals surface area contributed by atoms with Crippen LogP contribution in [0.5, 0.6) is 0 Å². The van der Waals surface area contributed by atoms with Crippen LogP contribution in [0.3, 0.4) is 0 Å². The lowest BCUT2D eigenvalue weighted by molar-refractivity contribution is -0.132. The Kier molecular flexibility index (Phi) is 4.04. The number of carbonyl (C=O) groups excluding carboxylic acids is 2. The number of nitrogens with one attached hydrogen (secondary N) is 1. The van der Waals surface area contributed by atoms with Crippen molar-refractivity contribution < 1.29 is 9.59 Å². The molecule has 1 N–H and O–H groups in total. The van der Waals surface area contributed by atoms with Gasteiger partial charge in [-0.1, -0.05) is 17.7 Å². The Labute approximate surface area is 151 Å². The van der Waals surface area contributed by atoms with E-state index < -0.39 is 5.92 Å². The second kappa shape index (κ2) is 6.23. The van der Waals surface area contributed by atoms with E-state index in [9.17, 15) is 14.9 Å². The molecule has 130 valence electrons. The highest BCUT2D eigenvalue weighted by molar-refractivity contribution is 6.31. The molecule has 3 aliphatic rings. The molecule has 0 saturated carbocycles. The maximum atomic E-state index is 12.7. The Hall–Kier alpha value is -2.26. The van der Waals surface area contributed by atoms with Crippen molar-refractivity contribution in [1.29, 1.82) is 5.26 Å². The van der Waals surface area contributed by atoms with Crippen molar-refractivity contribution in [3.8, 4) is 6.19 Å². The minimum absolute atomic E-state index is 0.0288. The summed E-state index contributed by atoms with van der Waals surface area (Å²) in [6.45, 7) is 0.512. The van der Waals surface area contributed by atoms with Gasteiger partial charge in [-0.25, -0.2) is 0 Å². The van der Waals surface area contributed by atoms with Gasteiger partial charge in [0.25, 0.3) is 0 Å². The first-order chi connectivity index (χ1) is 12.1. The summed E-state index contributed by atoms with van der Waals surface area (Å²) in [5, 5.41) is 12.8. The van der Waals surface area contributed by atoms with Gasteiger partial charge in [0.05, 0.1) is 12.1 Å². The first-order valence-electron chi connectivity index (χ1n) is 8.64. The van der Waals surface area contributed by atoms with Gasteiger partial charge in [-0.05, 0) is 43.9 Å². The summed E-state index contributed by atoms with van der Waals surface area (Å²) in [4.78, 5) is 28.7. The Morgan fingerprint density at radius 1 is 1.32 bits per heavy atom. The number of benzene rings is 1. The van der Waals surface area contributed by atoms with Crippen molar-refractivity contribution in [2.24, 2.45) is 5.92 Å². The molecule has 3 heterocycles. The molecule has 7 heteroatoms. The van der Waals surface area contributed by atoms with E-state index in [2.05, 4.69) is 11.5 Å². The van der Waals surface area contributed by atoms with Gasteiger partial charge in [0.2, 0.25) is 11.8 Å². The molecule has 3 saturated heterocycles. The maximum absolute atomic E-state index is 12.7. The molecule has 1 aromatic rings. The lowest BCUT2D eigenvalue weighted by Crippen LogP contribution is -2.47. The number of nitriles is 1. The third-order valence-corrected chi connectivity index (χ3v) is 5.86. The molecule has 25 heavy (non-hydrogen) atoms. The highest BCUT2D eigenvalue weighted by Gasteiger charge is 2.48. The molecule has 6 nitrogen and oxygen atoms in total. The molecule has 4 atom stereocenters. The molecule has 2 amide bonds. The summed E-state index contributed by atoms with van der Waals surface area (Å²) in [5.74, 6) is -1.06. The van der Waals surface area contributed by atoms with Crippen LogP contribution < -0.4 is 10.2 Å². The first-order valence-corrected chi connectivity index (χ1v) is 9.01. The monoisotopic (exact) mass is 358 g/mol. The van der Waals surface area contributed by atoms with E-state index >= 15 is 0 Å². The van der Waals surface area contributed by atoms with E-state index in [4.69, 9.17) is 11.6 Å². The lowest BCUT2D eigenvalue weighted by Gasteiger charge is -2.23. The van der Waals surface area contributed by atoms with E-state index in [-0.39, 0.29) is 29.9 Å². The Bertz CT molecular complexity index is 762. The van der Waals surface area contributed by atoms with Crippen molar-refractivity contribution >= 4 is 29.1 Å². The first kappa shape index (κ1) is 16.2. The summed E-state index contributed by atoms with van der Waals surface area (Å²) < 4.78 is 0. The van der Waals surface area contributed by atoms with E-state index in [1.54, 1.807) is 28.0 Å². The molecule has 4 rings (SSSR count). The molecule has 2 bridgehead atoms. The summed E-state index contributed by atoms with van der Waals surface area (Å²) in [5.41, 5.74) is 0.725. The minimum Gasteiger partial charge on any atom is -0.350 e. The normalized spacial score (nSPS) is 30.6. The van der Waals surface area contributed by atoms with E-state index in [1.807, 2.05) is 6.07 Å². The fourth-order valence-corrected chi connectivity index (χ4v) is 4.59. The largest absolute Gasteiger partial charge is 0.350 e. The summed E-state index contributed by atoms with van der Waals surface area (Å²) in [7, 11) is 0. The van der Waals surface area contributed by atoms with Crippen LogP contribution in [0.2, 0.25) is 5.02 Å².